The Hall–Kier alpha value is -0.375. The molecule has 0 aromatic heterocycles. The fraction of sp³-hybridized carbons (Fsp3) is 0.333. The molecule has 0 fully saturated rings. The second kappa shape index (κ2) is 6.81. The molecule has 0 heterocycles. The number of benzene rings is 2. The van der Waals surface area contributed by atoms with Crippen molar-refractivity contribution in [3.63, 3.8) is 0 Å². The SMILES string of the molecule is O[C@]1(Cc2ccccc2)Cc2ccccc2[C@@H]([CH2][Hg][Cl])C1. The molecule has 2 aromatic carbocycles. The summed E-state index contributed by atoms with van der Waals surface area (Å²) in [7, 11) is 6.20. The first kappa shape index (κ1) is 15.5. The quantitative estimate of drug-likeness (QED) is 0.637. The van der Waals surface area contributed by atoms with Crippen molar-refractivity contribution in [2.75, 3.05) is 0 Å². The summed E-state index contributed by atoms with van der Waals surface area (Å²) in [6.07, 6.45) is 2.34. The van der Waals surface area contributed by atoms with Gasteiger partial charge in [0.05, 0.1) is 0 Å². The van der Waals surface area contributed by atoms with Crippen LogP contribution in [0.5, 0.6) is 0 Å². The summed E-state index contributed by atoms with van der Waals surface area (Å²) in [4.78, 5) is 0. The number of hydrogen-bond donors (Lipinski definition) is 1. The van der Waals surface area contributed by atoms with Gasteiger partial charge in [0.25, 0.3) is 0 Å². The van der Waals surface area contributed by atoms with Crippen LogP contribution in [0.3, 0.4) is 0 Å². The molecule has 1 nitrogen and oxygen atoms in total. The minimum absolute atomic E-state index is 0.461. The molecule has 2 atom stereocenters. The van der Waals surface area contributed by atoms with Crippen LogP contribution in [-0.2, 0) is 36.2 Å². The van der Waals surface area contributed by atoms with Crippen molar-refractivity contribution < 1.29 is 28.4 Å². The van der Waals surface area contributed by atoms with E-state index in [1.165, 1.54) is 16.7 Å². The normalized spacial score (nSPS) is 24.2. The molecule has 0 saturated carbocycles. The van der Waals surface area contributed by atoms with Crippen molar-refractivity contribution in [1.29, 1.82) is 0 Å². The van der Waals surface area contributed by atoms with Gasteiger partial charge < -0.3 is 0 Å². The topological polar surface area (TPSA) is 20.2 Å². The van der Waals surface area contributed by atoms with Crippen LogP contribution in [0, 0.1) is 0 Å². The summed E-state index contributed by atoms with van der Waals surface area (Å²) < 4.78 is 1.15. The van der Waals surface area contributed by atoms with Gasteiger partial charge in [-0.05, 0) is 0 Å². The Balaban J connectivity index is 1.88. The standard InChI is InChI=1S/C18H19O.ClH.Hg/c1-14-11-18(19,12-15-7-3-2-4-8-15)13-16-9-5-6-10-17(14)16;;/h2-10,14,19H,1,11-13H2;1H;/q;;+1/p-1/t14-,18+;;/m0../s1. The number of aliphatic hydroxyl groups is 1. The predicted molar refractivity (Wildman–Crippen MR) is 83.3 cm³/mol. The third kappa shape index (κ3) is 3.69. The van der Waals surface area contributed by atoms with E-state index in [9.17, 15) is 5.11 Å². The van der Waals surface area contributed by atoms with Crippen LogP contribution in [0.2, 0.25) is 3.93 Å². The van der Waals surface area contributed by atoms with Gasteiger partial charge >= 0.3 is 143 Å². The van der Waals surface area contributed by atoms with Crippen LogP contribution in [0.1, 0.15) is 29.0 Å². The van der Waals surface area contributed by atoms with Crippen molar-refractivity contribution in [2.45, 2.75) is 34.7 Å². The van der Waals surface area contributed by atoms with Crippen molar-refractivity contribution >= 4 is 8.25 Å². The summed E-state index contributed by atoms with van der Waals surface area (Å²) in [5.41, 5.74) is 3.33. The van der Waals surface area contributed by atoms with Crippen LogP contribution in [-0.4, -0.2) is 10.7 Å². The molecule has 0 unspecified atom stereocenters. The van der Waals surface area contributed by atoms with E-state index in [0.29, 0.717) is 5.92 Å². The molecule has 0 bridgehead atoms. The average molecular weight is 487 g/mol. The fourth-order valence-corrected chi connectivity index (χ4v) is 8.93. The molecular formula is C18H19ClHgO. The molecular weight excluding hydrogens is 468 g/mol. The monoisotopic (exact) mass is 488 g/mol. The molecule has 3 rings (SSSR count). The van der Waals surface area contributed by atoms with E-state index in [4.69, 9.17) is 8.25 Å². The van der Waals surface area contributed by atoms with Crippen molar-refractivity contribution in [3.05, 3.63) is 71.3 Å². The number of hydrogen-bond acceptors (Lipinski definition) is 1. The van der Waals surface area contributed by atoms with Gasteiger partial charge in [-0.3, -0.25) is 0 Å². The summed E-state index contributed by atoms with van der Waals surface area (Å²) in [5.74, 6) is 0.461. The molecule has 0 radical (unpaired) electrons. The van der Waals surface area contributed by atoms with Crippen LogP contribution >= 0.6 is 8.25 Å². The van der Waals surface area contributed by atoms with Crippen LogP contribution in [0.25, 0.3) is 0 Å². The summed E-state index contributed by atoms with van der Waals surface area (Å²) >= 11 is -1.23. The molecule has 0 aliphatic heterocycles. The Labute approximate surface area is 142 Å². The first-order chi connectivity index (χ1) is 10.2. The van der Waals surface area contributed by atoms with Gasteiger partial charge in [-0.25, -0.2) is 0 Å². The maximum atomic E-state index is 11.2. The molecule has 2 aromatic rings. The molecule has 1 aliphatic rings. The number of rotatable bonds is 4. The molecule has 0 amide bonds. The fourth-order valence-electron chi connectivity index (χ4n) is 3.59. The average Bonchev–Trinajstić information content (AvgIpc) is 2.48. The second-order valence-corrected chi connectivity index (χ2v) is 13.2. The minimum atomic E-state index is -1.23. The molecule has 21 heavy (non-hydrogen) atoms. The van der Waals surface area contributed by atoms with E-state index >= 15 is 0 Å². The third-order valence-corrected chi connectivity index (χ3v) is 9.95. The van der Waals surface area contributed by atoms with Crippen LogP contribution in [0.4, 0.5) is 0 Å². The summed E-state index contributed by atoms with van der Waals surface area (Å²) in [6, 6.07) is 18.9. The zero-order chi connectivity index (χ0) is 14.7. The van der Waals surface area contributed by atoms with E-state index < -0.39 is 28.9 Å². The van der Waals surface area contributed by atoms with Gasteiger partial charge in [-0.2, -0.15) is 0 Å². The van der Waals surface area contributed by atoms with Gasteiger partial charge in [0.2, 0.25) is 0 Å². The summed E-state index contributed by atoms with van der Waals surface area (Å²) in [6.45, 7) is 0. The van der Waals surface area contributed by atoms with E-state index in [1.807, 2.05) is 18.2 Å². The Kier molecular flexibility index (Phi) is 5.03. The van der Waals surface area contributed by atoms with E-state index in [1.54, 1.807) is 0 Å². The molecule has 1 aliphatic carbocycles. The second-order valence-electron chi connectivity index (χ2n) is 6.14. The zero-order valence-electron chi connectivity index (χ0n) is 12.1. The number of fused-ring (bicyclic) bond motifs is 1. The summed E-state index contributed by atoms with van der Waals surface area (Å²) in [5, 5.41) is 11.2. The molecule has 0 saturated heterocycles. The van der Waals surface area contributed by atoms with Crippen LogP contribution < -0.4 is 0 Å². The van der Waals surface area contributed by atoms with Gasteiger partial charge in [-0.15, -0.1) is 0 Å². The Morgan fingerprint density at radius 3 is 2.57 bits per heavy atom. The molecule has 0 spiro atoms. The van der Waals surface area contributed by atoms with Crippen molar-refractivity contribution in [1.82, 2.24) is 0 Å². The third-order valence-electron chi connectivity index (χ3n) is 4.47. The maximum absolute atomic E-state index is 11.2. The van der Waals surface area contributed by atoms with Gasteiger partial charge in [0.15, 0.2) is 0 Å². The first-order valence-electron chi connectivity index (χ1n) is 7.60. The van der Waals surface area contributed by atoms with Crippen molar-refractivity contribution in [3.8, 4) is 0 Å². The van der Waals surface area contributed by atoms with Gasteiger partial charge in [0.1, 0.15) is 0 Å². The Bertz CT molecular complexity index is 601. The van der Waals surface area contributed by atoms with Crippen molar-refractivity contribution in [2.24, 2.45) is 0 Å². The number of halogens is 1. The first-order valence-corrected chi connectivity index (χ1v) is 18.3. The van der Waals surface area contributed by atoms with Crippen LogP contribution in [0.15, 0.2) is 54.6 Å². The zero-order valence-corrected chi connectivity index (χ0v) is 18.4. The van der Waals surface area contributed by atoms with E-state index in [-0.39, 0.29) is 0 Å². The molecule has 1 N–H and O–H groups in total. The molecule has 106 valence electrons. The van der Waals surface area contributed by atoms with Gasteiger partial charge in [0, 0.05) is 0 Å². The Morgan fingerprint density at radius 2 is 1.81 bits per heavy atom. The van der Waals surface area contributed by atoms with E-state index in [2.05, 4.69) is 36.4 Å². The molecule has 3 heteroatoms. The predicted octanol–water partition coefficient (Wildman–Crippen LogP) is 4.34. The Morgan fingerprint density at radius 1 is 1.10 bits per heavy atom. The van der Waals surface area contributed by atoms with Gasteiger partial charge in [-0.1, -0.05) is 0 Å². The van der Waals surface area contributed by atoms with E-state index in [0.717, 1.165) is 23.2 Å².